The second-order valence-corrected chi connectivity index (χ2v) is 4.44. The fraction of sp³-hybridized carbons (Fsp3) is 0.875. The van der Waals surface area contributed by atoms with E-state index in [-0.39, 0.29) is 0 Å². The molecular weight excluding hydrogens is 174 g/mol. The van der Waals surface area contributed by atoms with Crippen LogP contribution >= 0.6 is 24.0 Å². The molecule has 0 unspecified atom stereocenters. The monoisotopic (exact) mass is 191 g/mol. The molecule has 0 atom stereocenters. The van der Waals surface area contributed by atoms with E-state index in [0.717, 1.165) is 4.32 Å². The summed E-state index contributed by atoms with van der Waals surface area (Å²) >= 11 is 6.90. The van der Waals surface area contributed by atoms with Gasteiger partial charge in [0.25, 0.3) is 0 Å². The van der Waals surface area contributed by atoms with Crippen LogP contribution in [0.15, 0.2) is 0 Å². The predicted octanol–water partition coefficient (Wildman–Crippen LogP) is 2.76. The molecule has 0 bridgehead atoms. The number of hydrogen-bond acceptors (Lipinski definition) is 2. The number of nitrogens with zero attached hydrogens (tertiary/aromatic N) is 1. The molecule has 0 saturated heterocycles. The van der Waals surface area contributed by atoms with Crippen molar-refractivity contribution in [2.75, 3.05) is 19.8 Å². The lowest BCUT2D eigenvalue weighted by Crippen LogP contribution is -2.16. The Bertz CT molecular complexity index is 113. The Hall–Kier alpha value is 0.240. The first-order chi connectivity index (χ1) is 5.18. The summed E-state index contributed by atoms with van der Waals surface area (Å²) in [6, 6.07) is 0. The van der Waals surface area contributed by atoms with Crippen molar-refractivity contribution >= 4 is 28.3 Å². The van der Waals surface area contributed by atoms with Crippen molar-refractivity contribution in [3.63, 3.8) is 0 Å². The van der Waals surface area contributed by atoms with Crippen LogP contribution in [-0.2, 0) is 0 Å². The third kappa shape index (κ3) is 6.63. The summed E-state index contributed by atoms with van der Waals surface area (Å²) < 4.78 is 1.00. The topological polar surface area (TPSA) is 3.24 Å². The lowest BCUT2D eigenvalue weighted by atomic mass is 10.3. The average Bonchev–Trinajstić information content (AvgIpc) is 1.97. The first-order valence-electron chi connectivity index (χ1n) is 4.02. The van der Waals surface area contributed by atoms with Gasteiger partial charge in [-0.1, -0.05) is 43.7 Å². The Morgan fingerprint density at radius 3 is 2.45 bits per heavy atom. The van der Waals surface area contributed by atoms with Crippen LogP contribution in [0, 0.1) is 0 Å². The van der Waals surface area contributed by atoms with Crippen molar-refractivity contribution in [3.8, 4) is 0 Å². The van der Waals surface area contributed by atoms with Gasteiger partial charge in [0.05, 0.1) is 0 Å². The molecular formula is C8H17NS2. The Kier molecular flexibility index (Phi) is 7.07. The van der Waals surface area contributed by atoms with E-state index in [1.807, 2.05) is 19.0 Å². The molecule has 1 nitrogen and oxygen atoms in total. The van der Waals surface area contributed by atoms with E-state index in [9.17, 15) is 0 Å². The highest BCUT2D eigenvalue weighted by molar-refractivity contribution is 8.22. The minimum atomic E-state index is 1.00. The smallest absolute Gasteiger partial charge is 0.135 e. The van der Waals surface area contributed by atoms with Crippen LogP contribution in [0.3, 0.4) is 0 Å². The minimum Gasteiger partial charge on any atom is -0.364 e. The largest absolute Gasteiger partial charge is 0.364 e. The van der Waals surface area contributed by atoms with E-state index in [1.165, 1.54) is 25.0 Å². The molecule has 0 amide bonds. The van der Waals surface area contributed by atoms with E-state index in [1.54, 1.807) is 11.8 Å². The molecule has 0 heterocycles. The van der Waals surface area contributed by atoms with Gasteiger partial charge in [-0.2, -0.15) is 0 Å². The maximum atomic E-state index is 5.12. The van der Waals surface area contributed by atoms with Crippen molar-refractivity contribution < 1.29 is 0 Å². The number of unbranched alkanes of at least 4 members (excludes halogenated alkanes) is 2. The molecule has 11 heavy (non-hydrogen) atoms. The molecule has 0 aromatic carbocycles. The summed E-state index contributed by atoms with van der Waals surface area (Å²) in [4.78, 5) is 1.99. The van der Waals surface area contributed by atoms with Gasteiger partial charge in [-0.25, -0.2) is 0 Å². The van der Waals surface area contributed by atoms with Gasteiger partial charge in [0.15, 0.2) is 0 Å². The van der Waals surface area contributed by atoms with Gasteiger partial charge < -0.3 is 4.90 Å². The molecule has 0 radical (unpaired) electrons. The van der Waals surface area contributed by atoms with Gasteiger partial charge in [-0.3, -0.25) is 0 Å². The number of thiocarbonyl (C=S) groups is 1. The molecule has 66 valence electrons. The molecule has 0 aliphatic rings. The van der Waals surface area contributed by atoms with E-state index >= 15 is 0 Å². The molecule has 0 N–H and O–H groups in total. The van der Waals surface area contributed by atoms with E-state index < -0.39 is 0 Å². The van der Waals surface area contributed by atoms with Crippen LogP contribution in [0.5, 0.6) is 0 Å². The fourth-order valence-electron chi connectivity index (χ4n) is 0.641. The highest BCUT2D eigenvalue weighted by Gasteiger charge is 1.97. The SMILES string of the molecule is CCCCCSC(=S)N(C)C. The van der Waals surface area contributed by atoms with Crippen molar-refractivity contribution in [1.29, 1.82) is 0 Å². The van der Waals surface area contributed by atoms with Crippen molar-refractivity contribution in [2.24, 2.45) is 0 Å². The van der Waals surface area contributed by atoms with Gasteiger partial charge in [-0.15, -0.1) is 0 Å². The molecule has 0 aromatic rings. The zero-order valence-corrected chi connectivity index (χ0v) is 9.23. The van der Waals surface area contributed by atoms with Crippen LogP contribution in [0.1, 0.15) is 26.2 Å². The number of hydrogen-bond donors (Lipinski definition) is 0. The lowest BCUT2D eigenvalue weighted by Gasteiger charge is -2.11. The van der Waals surface area contributed by atoms with Crippen LogP contribution in [0.25, 0.3) is 0 Å². The molecule has 0 aliphatic heterocycles. The molecule has 0 rings (SSSR count). The van der Waals surface area contributed by atoms with Crippen LogP contribution < -0.4 is 0 Å². The highest BCUT2D eigenvalue weighted by atomic mass is 32.2. The first kappa shape index (κ1) is 11.2. The van der Waals surface area contributed by atoms with Crippen LogP contribution in [-0.4, -0.2) is 29.1 Å². The second-order valence-electron chi connectivity index (χ2n) is 2.72. The van der Waals surface area contributed by atoms with Gasteiger partial charge in [0.1, 0.15) is 4.32 Å². The molecule has 0 saturated carbocycles. The van der Waals surface area contributed by atoms with Crippen LogP contribution in [0.2, 0.25) is 0 Å². The molecule has 3 heteroatoms. The van der Waals surface area contributed by atoms with Crippen LogP contribution in [0.4, 0.5) is 0 Å². The third-order valence-electron chi connectivity index (χ3n) is 1.34. The van der Waals surface area contributed by atoms with Gasteiger partial charge >= 0.3 is 0 Å². The summed E-state index contributed by atoms with van der Waals surface area (Å²) in [5.74, 6) is 1.17. The normalized spacial score (nSPS) is 9.73. The van der Waals surface area contributed by atoms with Gasteiger partial charge in [0, 0.05) is 19.8 Å². The summed E-state index contributed by atoms with van der Waals surface area (Å²) in [6.45, 7) is 2.22. The van der Waals surface area contributed by atoms with Gasteiger partial charge in [0.2, 0.25) is 0 Å². The Labute approximate surface area is 79.5 Å². The Morgan fingerprint density at radius 2 is 2.00 bits per heavy atom. The first-order valence-corrected chi connectivity index (χ1v) is 5.42. The fourth-order valence-corrected chi connectivity index (χ4v) is 1.67. The van der Waals surface area contributed by atoms with E-state index in [2.05, 4.69) is 6.92 Å². The van der Waals surface area contributed by atoms with Crippen molar-refractivity contribution in [2.45, 2.75) is 26.2 Å². The highest BCUT2D eigenvalue weighted by Crippen LogP contribution is 2.09. The standard InChI is InChI=1S/C8H17NS2/c1-4-5-6-7-11-8(10)9(2)3/h4-7H2,1-3H3. The summed E-state index contributed by atoms with van der Waals surface area (Å²) in [5.41, 5.74) is 0. The average molecular weight is 191 g/mol. The zero-order chi connectivity index (χ0) is 8.69. The second kappa shape index (κ2) is 6.92. The molecule has 0 spiro atoms. The maximum Gasteiger partial charge on any atom is 0.135 e. The number of thioether (sulfide) groups is 1. The Morgan fingerprint density at radius 1 is 1.36 bits per heavy atom. The quantitative estimate of drug-likeness (QED) is 0.497. The van der Waals surface area contributed by atoms with E-state index in [4.69, 9.17) is 12.2 Å². The maximum absolute atomic E-state index is 5.12. The van der Waals surface area contributed by atoms with Crippen molar-refractivity contribution in [1.82, 2.24) is 4.90 Å². The minimum absolute atomic E-state index is 1.00. The van der Waals surface area contributed by atoms with Crippen molar-refractivity contribution in [3.05, 3.63) is 0 Å². The third-order valence-corrected chi connectivity index (χ3v) is 3.16. The molecule has 0 fully saturated rings. The molecule has 0 aliphatic carbocycles. The summed E-state index contributed by atoms with van der Waals surface area (Å²) in [5, 5.41) is 0. The van der Waals surface area contributed by atoms with Gasteiger partial charge in [-0.05, 0) is 6.42 Å². The predicted molar refractivity (Wildman–Crippen MR) is 58.3 cm³/mol. The Balaban J connectivity index is 3.18. The van der Waals surface area contributed by atoms with E-state index in [0.29, 0.717) is 0 Å². The summed E-state index contributed by atoms with van der Waals surface area (Å²) in [6.07, 6.45) is 3.90. The lowest BCUT2D eigenvalue weighted by molar-refractivity contribution is 0.647. The summed E-state index contributed by atoms with van der Waals surface area (Å²) in [7, 11) is 3.99. The zero-order valence-electron chi connectivity index (χ0n) is 7.59. The molecule has 0 aromatic heterocycles. The number of rotatable bonds is 4.